The van der Waals surface area contributed by atoms with Gasteiger partial charge in [-0.05, 0) is 20.8 Å². The van der Waals surface area contributed by atoms with Crippen molar-refractivity contribution in [3.05, 3.63) is 6.33 Å². The van der Waals surface area contributed by atoms with E-state index in [-0.39, 0.29) is 17.3 Å². The molecule has 6 heteroatoms. The van der Waals surface area contributed by atoms with Gasteiger partial charge in [0.25, 0.3) is 0 Å². The number of aromatic nitrogens is 3. The monoisotopic (exact) mass is 241 g/mol. The molecule has 2 atom stereocenters. The van der Waals surface area contributed by atoms with Gasteiger partial charge < -0.3 is 9.30 Å². The van der Waals surface area contributed by atoms with Crippen molar-refractivity contribution in [2.45, 2.75) is 49.7 Å². The molecule has 0 bridgehead atoms. The Labute approximate surface area is 98.6 Å². The van der Waals surface area contributed by atoms with Crippen molar-refractivity contribution < 1.29 is 9.53 Å². The Morgan fingerprint density at radius 2 is 2.38 bits per heavy atom. The largest absolute Gasteiger partial charge is 0.462 e. The van der Waals surface area contributed by atoms with Gasteiger partial charge in [0.1, 0.15) is 17.7 Å². The molecule has 0 aromatic carbocycles. The highest BCUT2D eigenvalue weighted by molar-refractivity contribution is 8.00. The van der Waals surface area contributed by atoms with Crippen LogP contribution in [-0.4, -0.2) is 32.1 Å². The summed E-state index contributed by atoms with van der Waals surface area (Å²) in [5.74, 6) is -0.143. The third-order valence-electron chi connectivity index (χ3n) is 2.47. The molecule has 0 amide bonds. The molecular formula is C10H15N3O2S. The first-order valence-electron chi connectivity index (χ1n) is 5.34. The van der Waals surface area contributed by atoms with Crippen molar-refractivity contribution in [3.63, 3.8) is 0 Å². The molecule has 1 aliphatic heterocycles. The van der Waals surface area contributed by atoms with E-state index in [1.807, 2.05) is 11.5 Å². The number of thioether (sulfide) groups is 1. The minimum Gasteiger partial charge on any atom is -0.462 e. The highest BCUT2D eigenvalue weighted by atomic mass is 32.2. The summed E-state index contributed by atoms with van der Waals surface area (Å²) in [6.07, 6.45) is 2.45. The van der Waals surface area contributed by atoms with E-state index >= 15 is 0 Å². The number of hydrogen-bond donors (Lipinski definition) is 0. The van der Waals surface area contributed by atoms with Crippen LogP contribution in [0.4, 0.5) is 0 Å². The van der Waals surface area contributed by atoms with Crippen molar-refractivity contribution in [3.8, 4) is 0 Å². The number of hydrogen-bond acceptors (Lipinski definition) is 5. The maximum atomic E-state index is 11.5. The zero-order chi connectivity index (χ0) is 11.7. The van der Waals surface area contributed by atoms with Crippen molar-refractivity contribution in [2.24, 2.45) is 0 Å². The average molecular weight is 241 g/mol. The molecule has 0 N–H and O–H groups in total. The first kappa shape index (κ1) is 11.4. The van der Waals surface area contributed by atoms with E-state index in [1.165, 1.54) is 11.8 Å². The average Bonchev–Trinajstić information content (AvgIpc) is 2.75. The van der Waals surface area contributed by atoms with Crippen LogP contribution >= 0.6 is 11.8 Å². The minimum absolute atomic E-state index is 0.0143. The van der Waals surface area contributed by atoms with E-state index in [1.54, 1.807) is 6.33 Å². The molecule has 0 spiro atoms. The Morgan fingerprint density at radius 1 is 1.62 bits per heavy atom. The molecule has 16 heavy (non-hydrogen) atoms. The third-order valence-corrected chi connectivity index (χ3v) is 3.64. The van der Waals surface area contributed by atoms with Crippen LogP contribution in [0.2, 0.25) is 0 Å². The van der Waals surface area contributed by atoms with Crippen LogP contribution in [0.1, 0.15) is 33.2 Å². The van der Waals surface area contributed by atoms with Gasteiger partial charge in [0.2, 0.25) is 0 Å². The highest BCUT2D eigenvalue weighted by Crippen LogP contribution is 2.31. The van der Waals surface area contributed by atoms with Gasteiger partial charge in [0.05, 0.1) is 0 Å². The normalized spacial score (nSPS) is 25.1. The van der Waals surface area contributed by atoms with Crippen LogP contribution in [0.25, 0.3) is 0 Å². The van der Waals surface area contributed by atoms with Crippen LogP contribution in [0, 0.1) is 0 Å². The predicted octanol–water partition coefficient (Wildman–Crippen LogP) is 1.66. The number of rotatable bonds is 3. The van der Waals surface area contributed by atoms with E-state index in [9.17, 15) is 4.79 Å². The summed E-state index contributed by atoms with van der Waals surface area (Å²) in [5, 5.41) is 8.54. The van der Waals surface area contributed by atoms with Crippen LogP contribution in [-0.2, 0) is 9.53 Å². The number of cyclic esters (lactones) is 1. The smallest absolute Gasteiger partial charge is 0.319 e. The van der Waals surface area contributed by atoms with Crippen LogP contribution in [0.5, 0.6) is 0 Å². The summed E-state index contributed by atoms with van der Waals surface area (Å²) in [4.78, 5) is 11.5. The van der Waals surface area contributed by atoms with Crippen molar-refractivity contribution >= 4 is 17.7 Å². The molecule has 88 valence electrons. The summed E-state index contributed by atoms with van der Waals surface area (Å²) in [7, 11) is 0. The lowest BCUT2D eigenvalue weighted by Gasteiger charge is -2.10. The van der Waals surface area contributed by atoms with Gasteiger partial charge in [-0.25, -0.2) is 0 Å². The van der Waals surface area contributed by atoms with Crippen LogP contribution in [0.3, 0.4) is 0 Å². The summed E-state index contributed by atoms with van der Waals surface area (Å²) >= 11 is 1.44. The van der Waals surface area contributed by atoms with Gasteiger partial charge in [0.15, 0.2) is 5.16 Å². The number of esters is 1. The summed E-state index contributed by atoms with van der Waals surface area (Å²) in [5.41, 5.74) is 0. The Hall–Kier alpha value is -1.04. The minimum atomic E-state index is -0.143. The van der Waals surface area contributed by atoms with Crippen molar-refractivity contribution in [2.75, 3.05) is 0 Å². The van der Waals surface area contributed by atoms with E-state index in [4.69, 9.17) is 4.74 Å². The van der Waals surface area contributed by atoms with Crippen LogP contribution < -0.4 is 0 Å². The molecule has 1 saturated heterocycles. The molecule has 1 aliphatic rings. The topological polar surface area (TPSA) is 57.0 Å². The SMILES string of the molecule is CC(C)n1cnnc1S[C@@H]1C[C@@H](C)OC1=O. The van der Waals surface area contributed by atoms with Crippen molar-refractivity contribution in [1.82, 2.24) is 14.8 Å². The fourth-order valence-corrected chi connectivity index (χ4v) is 2.86. The third kappa shape index (κ3) is 2.21. The Balaban J connectivity index is 2.09. The molecule has 5 nitrogen and oxygen atoms in total. The van der Waals surface area contributed by atoms with E-state index in [0.717, 1.165) is 11.6 Å². The number of carbonyl (C=O) groups is 1. The summed E-state index contributed by atoms with van der Waals surface area (Å²) in [6.45, 7) is 6.03. The fourth-order valence-electron chi connectivity index (χ4n) is 1.61. The molecule has 2 rings (SSSR count). The molecule has 1 aromatic heterocycles. The predicted molar refractivity (Wildman–Crippen MR) is 60.2 cm³/mol. The molecule has 0 aliphatic carbocycles. The lowest BCUT2D eigenvalue weighted by atomic mass is 10.3. The quantitative estimate of drug-likeness (QED) is 0.753. The number of nitrogens with zero attached hydrogens (tertiary/aromatic N) is 3. The molecule has 1 aromatic rings. The van der Waals surface area contributed by atoms with Crippen LogP contribution in [0.15, 0.2) is 11.5 Å². The summed E-state index contributed by atoms with van der Waals surface area (Å²) < 4.78 is 7.06. The molecule has 0 radical (unpaired) electrons. The Bertz CT molecular complexity index is 391. The van der Waals surface area contributed by atoms with Gasteiger partial charge in [-0.15, -0.1) is 10.2 Å². The van der Waals surface area contributed by atoms with Crippen molar-refractivity contribution in [1.29, 1.82) is 0 Å². The molecule has 0 saturated carbocycles. The van der Waals surface area contributed by atoms with Gasteiger partial charge in [-0.2, -0.15) is 0 Å². The van der Waals surface area contributed by atoms with E-state index in [2.05, 4.69) is 24.0 Å². The maximum absolute atomic E-state index is 11.5. The Kier molecular flexibility index (Phi) is 3.18. The molecule has 0 unspecified atom stereocenters. The molecule has 1 fully saturated rings. The second-order valence-electron chi connectivity index (χ2n) is 4.20. The standard InChI is InChI=1S/C10H15N3O2S/c1-6(2)13-5-11-12-10(13)16-8-4-7(3)15-9(8)14/h5-8H,4H2,1-3H3/t7-,8-/m1/s1. The van der Waals surface area contributed by atoms with Gasteiger partial charge in [-0.1, -0.05) is 11.8 Å². The number of ether oxygens (including phenoxy) is 1. The first-order valence-corrected chi connectivity index (χ1v) is 6.22. The van der Waals surface area contributed by atoms with Gasteiger partial charge in [0, 0.05) is 12.5 Å². The zero-order valence-corrected chi connectivity index (χ0v) is 10.4. The second-order valence-corrected chi connectivity index (χ2v) is 5.37. The number of carbonyl (C=O) groups excluding carboxylic acids is 1. The fraction of sp³-hybridized carbons (Fsp3) is 0.700. The zero-order valence-electron chi connectivity index (χ0n) is 9.58. The van der Waals surface area contributed by atoms with Gasteiger partial charge >= 0.3 is 5.97 Å². The molecule has 2 heterocycles. The van der Waals surface area contributed by atoms with E-state index < -0.39 is 0 Å². The first-order chi connectivity index (χ1) is 7.58. The molecular weight excluding hydrogens is 226 g/mol. The van der Waals surface area contributed by atoms with Gasteiger partial charge in [-0.3, -0.25) is 4.79 Å². The lowest BCUT2D eigenvalue weighted by molar-refractivity contribution is -0.140. The highest BCUT2D eigenvalue weighted by Gasteiger charge is 2.33. The van der Waals surface area contributed by atoms with E-state index in [0.29, 0.717) is 6.04 Å². The summed E-state index contributed by atoms with van der Waals surface area (Å²) in [6, 6.07) is 0.298. The Morgan fingerprint density at radius 3 is 2.94 bits per heavy atom. The second kappa shape index (κ2) is 4.45. The lowest BCUT2D eigenvalue weighted by Crippen LogP contribution is -2.11. The maximum Gasteiger partial charge on any atom is 0.319 e.